The quantitative estimate of drug-likeness (QED) is 0.371. The van der Waals surface area contributed by atoms with Crippen LogP contribution >= 0.6 is 0 Å². The van der Waals surface area contributed by atoms with Crippen LogP contribution in [0.1, 0.15) is 59.6 Å². The first-order chi connectivity index (χ1) is 16.5. The molecule has 4 aromatic rings. The molecule has 1 amide bonds. The Kier molecular flexibility index (Phi) is 6.40. The van der Waals surface area contributed by atoms with Crippen LogP contribution in [0.4, 0.5) is 13.2 Å². The van der Waals surface area contributed by atoms with Crippen molar-refractivity contribution in [2.75, 3.05) is 7.05 Å². The van der Waals surface area contributed by atoms with Gasteiger partial charge in [0.2, 0.25) is 0 Å². The van der Waals surface area contributed by atoms with Crippen molar-refractivity contribution < 1.29 is 18.0 Å². The average molecular weight is 485 g/mol. The maximum Gasteiger partial charge on any atom is 0.433 e. The highest BCUT2D eigenvalue weighted by Gasteiger charge is 2.36. The SMILES string of the molecule is CCn1cc(CN(C)C(=O)c2cnn3c(C(F)(F)F)cc(-c4ccc(C(C)C)cc4)nc23)c(C)n1. The van der Waals surface area contributed by atoms with Gasteiger partial charge in [-0.05, 0) is 31.4 Å². The summed E-state index contributed by atoms with van der Waals surface area (Å²) in [6, 6.07) is 8.19. The van der Waals surface area contributed by atoms with Gasteiger partial charge in [0.15, 0.2) is 11.3 Å². The predicted octanol–water partition coefficient (Wildman–Crippen LogP) is 5.34. The third kappa shape index (κ3) is 4.78. The van der Waals surface area contributed by atoms with Gasteiger partial charge in [0, 0.05) is 37.5 Å². The van der Waals surface area contributed by atoms with Gasteiger partial charge in [-0.1, -0.05) is 38.1 Å². The zero-order valence-corrected chi connectivity index (χ0v) is 20.3. The molecule has 7 nitrogen and oxygen atoms in total. The highest BCUT2D eigenvalue weighted by molar-refractivity contribution is 5.99. The maximum atomic E-state index is 13.9. The minimum Gasteiger partial charge on any atom is -0.337 e. The summed E-state index contributed by atoms with van der Waals surface area (Å²) in [5.41, 5.74) is 2.22. The van der Waals surface area contributed by atoms with E-state index in [4.69, 9.17) is 0 Å². The summed E-state index contributed by atoms with van der Waals surface area (Å²) in [5, 5.41) is 8.25. The molecule has 4 rings (SSSR count). The first kappa shape index (κ1) is 24.4. The number of aryl methyl sites for hydroxylation is 2. The number of benzene rings is 1. The van der Waals surface area contributed by atoms with Crippen molar-refractivity contribution in [3.8, 4) is 11.3 Å². The van der Waals surface area contributed by atoms with E-state index in [9.17, 15) is 18.0 Å². The fourth-order valence-electron chi connectivity index (χ4n) is 3.91. The molecule has 0 fully saturated rings. The van der Waals surface area contributed by atoms with Gasteiger partial charge >= 0.3 is 6.18 Å². The van der Waals surface area contributed by atoms with Crippen LogP contribution in [0.3, 0.4) is 0 Å². The molecule has 35 heavy (non-hydrogen) atoms. The topological polar surface area (TPSA) is 68.3 Å². The summed E-state index contributed by atoms with van der Waals surface area (Å²) in [4.78, 5) is 19.1. The summed E-state index contributed by atoms with van der Waals surface area (Å²) in [5.74, 6) is -0.190. The number of aromatic nitrogens is 5. The molecule has 0 N–H and O–H groups in total. The molecule has 0 saturated heterocycles. The van der Waals surface area contributed by atoms with Crippen LogP contribution in [0.25, 0.3) is 16.9 Å². The summed E-state index contributed by atoms with van der Waals surface area (Å²) in [6.45, 7) is 8.83. The third-order valence-electron chi connectivity index (χ3n) is 5.99. The summed E-state index contributed by atoms with van der Waals surface area (Å²) < 4.78 is 44.2. The molecule has 3 aromatic heterocycles. The van der Waals surface area contributed by atoms with Crippen molar-refractivity contribution in [1.29, 1.82) is 0 Å². The van der Waals surface area contributed by atoms with E-state index in [2.05, 4.69) is 15.2 Å². The second kappa shape index (κ2) is 9.16. The van der Waals surface area contributed by atoms with E-state index in [0.717, 1.165) is 29.1 Å². The number of hydrogen-bond acceptors (Lipinski definition) is 4. The van der Waals surface area contributed by atoms with Crippen LogP contribution in [-0.2, 0) is 19.3 Å². The number of amides is 1. The number of alkyl halides is 3. The minimum absolute atomic E-state index is 0.000753. The van der Waals surface area contributed by atoms with Gasteiger partial charge < -0.3 is 4.90 Å². The average Bonchev–Trinajstić information content (AvgIpc) is 3.40. The Bertz CT molecular complexity index is 1370. The summed E-state index contributed by atoms with van der Waals surface area (Å²) in [7, 11) is 1.59. The Morgan fingerprint density at radius 1 is 1.17 bits per heavy atom. The molecule has 0 atom stereocenters. The second-order valence-electron chi connectivity index (χ2n) is 8.85. The molecular formula is C25H27F3N6O. The van der Waals surface area contributed by atoms with E-state index in [1.54, 1.807) is 23.9 Å². The van der Waals surface area contributed by atoms with E-state index in [1.165, 1.54) is 4.90 Å². The van der Waals surface area contributed by atoms with Gasteiger partial charge in [0.05, 0.1) is 17.6 Å². The molecule has 0 aliphatic carbocycles. The number of fused-ring (bicyclic) bond motifs is 1. The molecule has 0 saturated carbocycles. The van der Waals surface area contributed by atoms with Crippen molar-refractivity contribution in [3.05, 3.63) is 70.8 Å². The fraction of sp³-hybridized carbons (Fsp3) is 0.360. The minimum atomic E-state index is -4.68. The van der Waals surface area contributed by atoms with Gasteiger partial charge in [-0.25, -0.2) is 9.50 Å². The van der Waals surface area contributed by atoms with Gasteiger partial charge in [-0.15, -0.1) is 0 Å². The lowest BCUT2D eigenvalue weighted by atomic mass is 10.0. The number of nitrogens with zero attached hydrogens (tertiary/aromatic N) is 6. The van der Waals surface area contributed by atoms with Crippen LogP contribution in [0.2, 0.25) is 0 Å². The number of carbonyl (C=O) groups excluding carboxylic acids is 1. The molecule has 0 aliphatic rings. The van der Waals surface area contributed by atoms with Crippen molar-refractivity contribution in [3.63, 3.8) is 0 Å². The largest absolute Gasteiger partial charge is 0.433 e. The van der Waals surface area contributed by atoms with Gasteiger partial charge in [0.25, 0.3) is 5.91 Å². The lowest BCUT2D eigenvalue weighted by Gasteiger charge is -2.16. The Morgan fingerprint density at radius 3 is 2.43 bits per heavy atom. The molecule has 0 radical (unpaired) electrons. The second-order valence-corrected chi connectivity index (χ2v) is 8.85. The lowest BCUT2D eigenvalue weighted by molar-refractivity contribution is -0.142. The Balaban J connectivity index is 1.76. The van der Waals surface area contributed by atoms with Gasteiger partial charge in [-0.2, -0.15) is 23.4 Å². The first-order valence-electron chi connectivity index (χ1n) is 11.3. The van der Waals surface area contributed by atoms with E-state index < -0.39 is 17.8 Å². The zero-order valence-electron chi connectivity index (χ0n) is 20.3. The molecule has 3 heterocycles. The van der Waals surface area contributed by atoms with Crippen molar-refractivity contribution in [2.45, 2.75) is 52.9 Å². The molecule has 0 spiro atoms. The normalized spacial score (nSPS) is 12.0. The number of hydrogen-bond donors (Lipinski definition) is 0. The van der Waals surface area contributed by atoms with E-state index >= 15 is 0 Å². The Morgan fingerprint density at radius 2 is 1.86 bits per heavy atom. The monoisotopic (exact) mass is 484 g/mol. The van der Waals surface area contributed by atoms with Crippen molar-refractivity contribution in [1.82, 2.24) is 29.3 Å². The van der Waals surface area contributed by atoms with E-state index in [1.807, 2.05) is 46.0 Å². The van der Waals surface area contributed by atoms with Crippen molar-refractivity contribution in [2.24, 2.45) is 0 Å². The fourth-order valence-corrected chi connectivity index (χ4v) is 3.91. The predicted molar refractivity (Wildman–Crippen MR) is 126 cm³/mol. The first-order valence-corrected chi connectivity index (χ1v) is 11.3. The number of halogens is 3. The molecule has 0 bridgehead atoms. The third-order valence-corrected chi connectivity index (χ3v) is 5.99. The number of carbonyl (C=O) groups is 1. The molecule has 184 valence electrons. The Labute approximate surface area is 201 Å². The highest BCUT2D eigenvalue weighted by Crippen LogP contribution is 2.33. The number of rotatable bonds is 6. The van der Waals surface area contributed by atoms with Crippen LogP contribution in [0.15, 0.2) is 42.7 Å². The molecule has 1 aromatic carbocycles. The van der Waals surface area contributed by atoms with E-state index in [0.29, 0.717) is 16.6 Å². The maximum absolute atomic E-state index is 13.9. The standard InChI is InChI=1S/C25H27F3N6O/c1-6-33-14-19(16(4)31-33)13-32(5)24(35)20-12-29-34-22(25(26,27)28)11-21(30-23(20)34)18-9-7-17(8-10-18)15(2)3/h7-12,14-15H,6,13H2,1-5H3. The molecule has 0 unspecified atom stereocenters. The van der Waals surface area contributed by atoms with Gasteiger partial charge in [0.1, 0.15) is 5.56 Å². The van der Waals surface area contributed by atoms with Crippen LogP contribution < -0.4 is 0 Å². The molecule has 0 aliphatic heterocycles. The summed E-state index contributed by atoms with van der Waals surface area (Å²) >= 11 is 0. The van der Waals surface area contributed by atoms with E-state index in [-0.39, 0.29) is 29.4 Å². The summed E-state index contributed by atoms with van der Waals surface area (Å²) in [6.07, 6.45) is -1.68. The zero-order chi connectivity index (χ0) is 25.5. The van der Waals surface area contributed by atoms with Gasteiger partial charge in [-0.3, -0.25) is 9.48 Å². The van der Waals surface area contributed by atoms with Crippen LogP contribution in [0.5, 0.6) is 0 Å². The molecule has 10 heteroatoms. The molecular weight excluding hydrogens is 457 g/mol. The smallest absolute Gasteiger partial charge is 0.337 e. The highest BCUT2D eigenvalue weighted by atomic mass is 19.4. The van der Waals surface area contributed by atoms with Crippen LogP contribution in [-0.4, -0.2) is 42.2 Å². The van der Waals surface area contributed by atoms with Crippen LogP contribution in [0, 0.1) is 6.92 Å². The Hall–Kier alpha value is -3.69. The lowest BCUT2D eigenvalue weighted by Crippen LogP contribution is -2.26. The van der Waals surface area contributed by atoms with Crippen molar-refractivity contribution >= 4 is 11.6 Å².